The number of ether oxygens (including phenoxy) is 1. The number of pyridine rings is 1. The third-order valence-corrected chi connectivity index (χ3v) is 6.50. The number of aromatic nitrogens is 1. The molecule has 1 aromatic carbocycles. The molecule has 0 saturated heterocycles. The van der Waals surface area contributed by atoms with E-state index >= 15 is 0 Å². The van der Waals surface area contributed by atoms with Gasteiger partial charge in [0.1, 0.15) is 11.8 Å². The van der Waals surface area contributed by atoms with Crippen molar-refractivity contribution in [1.82, 2.24) is 9.88 Å². The molecule has 2 amide bonds. The predicted octanol–water partition coefficient (Wildman–Crippen LogP) is 3.85. The van der Waals surface area contributed by atoms with Crippen LogP contribution in [0.4, 0.5) is 10.5 Å². The van der Waals surface area contributed by atoms with E-state index in [1.807, 2.05) is 29.2 Å². The quantitative estimate of drug-likeness (QED) is 0.738. The monoisotopic (exact) mass is 434 g/mol. The highest BCUT2D eigenvalue weighted by molar-refractivity contribution is 5.91. The van der Waals surface area contributed by atoms with Crippen LogP contribution in [0, 0.1) is 17.2 Å². The molecule has 0 atom stereocenters. The number of rotatable bonds is 5. The number of benzene rings is 1. The second kappa shape index (κ2) is 9.27. The number of methoxy groups -OCH3 is 1. The number of carboxylic acids is 1. The summed E-state index contributed by atoms with van der Waals surface area (Å²) in [5.74, 6) is 0.0546. The molecule has 0 radical (unpaired) electrons. The Morgan fingerprint density at radius 3 is 2.78 bits per heavy atom. The van der Waals surface area contributed by atoms with Gasteiger partial charge >= 0.3 is 12.0 Å². The smallest absolute Gasteiger partial charge is 0.337 e. The Bertz CT molecular complexity index is 1070. The zero-order valence-corrected chi connectivity index (χ0v) is 18.0. The molecule has 32 heavy (non-hydrogen) atoms. The molecule has 0 spiro atoms. The molecule has 4 rings (SSSR count). The van der Waals surface area contributed by atoms with Gasteiger partial charge in [-0.25, -0.2) is 9.59 Å². The number of hydrogen-bond acceptors (Lipinski definition) is 5. The summed E-state index contributed by atoms with van der Waals surface area (Å²) in [7, 11) is 1.64. The third kappa shape index (κ3) is 4.52. The van der Waals surface area contributed by atoms with Crippen molar-refractivity contribution >= 4 is 17.7 Å². The van der Waals surface area contributed by atoms with E-state index in [1.54, 1.807) is 7.11 Å². The maximum atomic E-state index is 12.9. The Kier molecular flexibility index (Phi) is 6.26. The lowest BCUT2D eigenvalue weighted by Crippen LogP contribution is -2.44. The fourth-order valence-corrected chi connectivity index (χ4v) is 4.74. The third-order valence-electron chi connectivity index (χ3n) is 6.50. The number of nitriles is 1. The van der Waals surface area contributed by atoms with Crippen molar-refractivity contribution in [2.24, 2.45) is 5.92 Å². The van der Waals surface area contributed by atoms with Gasteiger partial charge in [-0.05, 0) is 74.3 Å². The Labute approximate surface area is 186 Å². The molecule has 8 heteroatoms. The first-order chi connectivity index (χ1) is 15.5. The molecule has 2 N–H and O–H groups in total. The summed E-state index contributed by atoms with van der Waals surface area (Å²) in [6, 6.07) is 9.24. The molecule has 0 bridgehead atoms. The standard InChI is InChI=1S/C24H26N4O4/c1-32-20-6-7-22-16(11-20)8-9-28(24(31)27-22)19-4-2-15(3-5-19)10-18-12-21(23(29)30)17(13-25)14-26-18/h6-7,11-12,14-15,19H,2-5,8-10H2,1H3,(H,27,31)(H,29,30). The van der Waals surface area contributed by atoms with E-state index in [4.69, 9.17) is 10.00 Å². The fraction of sp³-hybridized carbons (Fsp3) is 0.417. The van der Waals surface area contributed by atoms with Gasteiger partial charge in [0.2, 0.25) is 0 Å². The van der Waals surface area contributed by atoms with Crippen LogP contribution in [0.2, 0.25) is 0 Å². The average Bonchev–Trinajstić information content (AvgIpc) is 2.97. The molecule has 2 heterocycles. The number of hydrogen-bond donors (Lipinski definition) is 2. The van der Waals surface area contributed by atoms with Crippen LogP contribution < -0.4 is 10.1 Å². The molecule has 8 nitrogen and oxygen atoms in total. The van der Waals surface area contributed by atoms with Crippen molar-refractivity contribution in [3.8, 4) is 11.8 Å². The number of nitrogens with zero attached hydrogens (tertiary/aromatic N) is 3. The van der Waals surface area contributed by atoms with Crippen LogP contribution in [-0.4, -0.2) is 46.7 Å². The molecular weight excluding hydrogens is 408 g/mol. The van der Waals surface area contributed by atoms with E-state index in [0.29, 0.717) is 24.6 Å². The normalized spacial score (nSPS) is 20.5. The molecule has 0 unspecified atom stereocenters. The minimum atomic E-state index is -1.11. The molecule has 166 valence electrons. The van der Waals surface area contributed by atoms with Gasteiger partial charge in [0, 0.05) is 30.2 Å². The van der Waals surface area contributed by atoms with Crippen LogP contribution in [0.25, 0.3) is 0 Å². The maximum Gasteiger partial charge on any atom is 0.337 e. The molecule has 2 aliphatic rings. The van der Waals surface area contributed by atoms with Crippen LogP contribution in [0.1, 0.15) is 52.9 Å². The van der Waals surface area contributed by atoms with Gasteiger partial charge in [0.25, 0.3) is 0 Å². The zero-order valence-electron chi connectivity index (χ0n) is 18.0. The molecule has 1 fully saturated rings. The van der Waals surface area contributed by atoms with Crippen LogP contribution >= 0.6 is 0 Å². The van der Waals surface area contributed by atoms with Crippen molar-refractivity contribution < 1.29 is 19.4 Å². The van der Waals surface area contributed by atoms with Crippen molar-refractivity contribution in [3.05, 3.63) is 52.8 Å². The van der Waals surface area contributed by atoms with Crippen molar-refractivity contribution in [2.75, 3.05) is 19.0 Å². The van der Waals surface area contributed by atoms with Crippen LogP contribution in [0.3, 0.4) is 0 Å². The Hall–Kier alpha value is -3.60. The number of aromatic carboxylic acids is 1. The minimum Gasteiger partial charge on any atom is -0.497 e. The number of urea groups is 1. The zero-order chi connectivity index (χ0) is 22.7. The van der Waals surface area contributed by atoms with E-state index in [0.717, 1.165) is 49.1 Å². The van der Waals surface area contributed by atoms with Crippen molar-refractivity contribution in [2.45, 2.75) is 44.6 Å². The van der Waals surface area contributed by atoms with E-state index in [9.17, 15) is 14.7 Å². The van der Waals surface area contributed by atoms with E-state index in [1.165, 1.54) is 12.3 Å². The molecule has 1 aliphatic heterocycles. The van der Waals surface area contributed by atoms with Gasteiger partial charge in [-0.1, -0.05) is 0 Å². The largest absolute Gasteiger partial charge is 0.497 e. The summed E-state index contributed by atoms with van der Waals surface area (Å²) in [4.78, 5) is 30.5. The lowest BCUT2D eigenvalue weighted by Gasteiger charge is -2.36. The van der Waals surface area contributed by atoms with E-state index in [2.05, 4.69) is 10.3 Å². The Morgan fingerprint density at radius 2 is 2.09 bits per heavy atom. The first kappa shape index (κ1) is 21.6. The summed E-state index contributed by atoms with van der Waals surface area (Å²) < 4.78 is 5.31. The molecule has 1 saturated carbocycles. The first-order valence-electron chi connectivity index (χ1n) is 10.9. The number of carbonyl (C=O) groups excluding carboxylic acids is 1. The summed E-state index contributed by atoms with van der Waals surface area (Å²) in [5.41, 5.74) is 2.70. The second-order valence-corrected chi connectivity index (χ2v) is 8.41. The lowest BCUT2D eigenvalue weighted by molar-refractivity contribution is 0.0696. The summed E-state index contributed by atoms with van der Waals surface area (Å²) in [5, 5.41) is 21.4. The highest BCUT2D eigenvalue weighted by Crippen LogP contribution is 2.32. The number of fused-ring (bicyclic) bond motifs is 1. The van der Waals surface area contributed by atoms with Crippen molar-refractivity contribution in [3.63, 3.8) is 0 Å². The van der Waals surface area contributed by atoms with Gasteiger partial charge in [-0.15, -0.1) is 0 Å². The Morgan fingerprint density at radius 1 is 1.31 bits per heavy atom. The summed E-state index contributed by atoms with van der Waals surface area (Å²) >= 11 is 0. The number of amides is 2. The highest BCUT2D eigenvalue weighted by Gasteiger charge is 2.31. The molecule has 2 aromatic rings. The van der Waals surface area contributed by atoms with E-state index in [-0.39, 0.29) is 23.2 Å². The van der Waals surface area contributed by atoms with Gasteiger partial charge < -0.3 is 20.1 Å². The number of carboxylic acid groups (broad SMARTS) is 1. The second-order valence-electron chi connectivity index (χ2n) is 8.41. The van der Waals surface area contributed by atoms with Crippen LogP contribution in [-0.2, 0) is 12.8 Å². The number of anilines is 1. The summed E-state index contributed by atoms with van der Waals surface area (Å²) in [6.07, 6.45) is 6.49. The van der Waals surface area contributed by atoms with Crippen LogP contribution in [0.15, 0.2) is 30.5 Å². The number of nitrogens with one attached hydrogen (secondary N) is 1. The van der Waals surface area contributed by atoms with Gasteiger partial charge in [0.15, 0.2) is 0 Å². The first-order valence-corrected chi connectivity index (χ1v) is 10.9. The summed E-state index contributed by atoms with van der Waals surface area (Å²) in [6.45, 7) is 0.667. The van der Waals surface area contributed by atoms with E-state index < -0.39 is 5.97 Å². The number of carbonyl (C=O) groups is 2. The fourth-order valence-electron chi connectivity index (χ4n) is 4.74. The predicted molar refractivity (Wildman–Crippen MR) is 118 cm³/mol. The topological polar surface area (TPSA) is 116 Å². The molecular formula is C24H26N4O4. The van der Waals surface area contributed by atoms with Gasteiger partial charge in [0.05, 0.1) is 18.2 Å². The maximum absolute atomic E-state index is 12.9. The molecule has 1 aromatic heterocycles. The van der Waals surface area contributed by atoms with Gasteiger partial charge in [-0.3, -0.25) is 4.98 Å². The van der Waals surface area contributed by atoms with Crippen LogP contribution in [0.5, 0.6) is 5.75 Å². The Balaban J connectivity index is 1.37. The average molecular weight is 434 g/mol. The minimum absolute atomic E-state index is 0.00335. The van der Waals surface area contributed by atoms with Crippen molar-refractivity contribution in [1.29, 1.82) is 5.26 Å². The highest BCUT2D eigenvalue weighted by atomic mass is 16.5. The SMILES string of the molecule is COc1ccc2c(c1)CCN(C1CCC(Cc3cc(C(=O)O)c(C#N)cn3)CC1)C(=O)N2. The molecule has 1 aliphatic carbocycles. The lowest BCUT2D eigenvalue weighted by atomic mass is 9.82. The van der Waals surface area contributed by atoms with Gasteiger partial charge in [-0.2, -0.15) is 5.26 Å².